The fourth-order valence-electron chi connectivity index (χ4n) is 4.35. The van der Waals surface area contributed by atoms with E-state index in [9.17, 15) is 21.6 Å². The van der Waals surface area contributed by atoms with Crippen LogP contribution in [0.5, 0.6) is 0 Å². The molecule has 1 unspecified atom stereocenters. The second-order valence-electron chi connectivity index (χ2n) is 8.89. The first-order chi connectivity index (χ1) is 17.1. The number of benzene rings is 2. The first kappa shape index (κ1) is 27.1. The Hall–Kier alpha value is -1.96. The summed E-state index contributed by atoms with van der Waals surface area (Å²) in [6, 6.07) is 16.1. The van der Waals surface area contributed by atoms with Crippen LogP contribution in [0.2, 0.25) is 0 Å². The van der Waals surface area contributed by atoms with Crippen LogP contribution in [0.3, 0.4) is 0 Å². The summed E-state index contributed by atoms with van der Waals surface area (Å²) in [5, 5.41) is 0. The molecule has 0 saturated carbocycles. The molecule has 0 aliphatic carbocycles. The van der Waals surface area contributed by atoms with Gasteiger partial charge < -0.3 is 4.74 Å². The van der Waals surface area contributed by atoms with Crippen molar-refractivity contribution >= 4 is 37.5 Å². The van der Waals surface area contributed by atoms with Crippen molar-refractivity contribution in [1.82, 2.24) is 9.79 Å². The van der Waals surface area contributed by atoms with E-state index in [4.69, 9.17) is 9.57 Å². The van der Waals surface area contributed by atoms with Crippen molar-refractivity contribution in [3.8, 4) is 0 Å². The Morgan fingerprint density at radius 1 is 1.00 bits per heavy atom. The van der Waals surface area contributed by atoms with Crippen molar-refractivity contribution in [2.75, 3.05) is 26.0 Å². The maximum Gasteiger partial charge on any atom is 0.265 e. The molecule has 0 spiro atoms. The normalized spacial score (nSPS) is 21.1. The molecule has 2 heterocycles. The Kier molecular flexibility index (Phi) is 8.42. The quantitative estimate of drug-likeness (QED) is 0.495. The zero-order chi connectivity index (χ0) is 25.8. The molecule has 196 valence electrons. The number of ether oxygens (including phenoxy) is 1. The Morgan fingerprint density at radius 3 is 2.22 bits per heavy atom. The molecule has 0 aromatic heterocycles. The summed E-state index contributed by atoms with van der Waals surface area (Å²) in [6.07, 6.45) is 2.40. The summed E-state index contributed by atoms with van der Waals surface area (Å²) in [6.45, 7) is 0.321. The molecular formula is C24H30N2O7S3. The molecule has 2 aromatic carbocycles. The van der Waals surface area contributed by atoms with E-state index in [1.54, 1.807) is 12.1 Å². The van der Waals surface area contributed by atoms with Gasteiger partial charge in [0.1, 0.15) is 0 Å². The number of piperidine rings is 1. The largest absolute Gasteiger partial charge is 0.350 e. The first-order valence-electron chi connectivity index (χ1n) is 11.7. The van der Waals surface area contributed by atoms with Gasteiger partial charge in [-0.05, 0) is 62.1 Å². The van der Waals surface area contributed by atoms with Gasteiger partial charge in [-0.15, -0.1) is 0 Å². The molecule has 36 heavy (non-hydrogen) atoms. The summed E-state index contributed by atoms with van der Waals surface area (Å²) >= 11 is 1.49. The molecule has 12 heteroatoms. The molecule has 2 aliphatic rings. The predicted octanol–water partition coefficient (Wildman–Crippen LogP) is 2.98. The molecule has 2 saturated heterocycles. The van der Waals surface area contributed by atoms with E-state index in [1.807, 2.05) is 30.3 Å². The molecule has 2 fully saturated rings. The van der Waals surface area contributed by atoms with Gasteiger partial charge in [0.25, 0.3) is 5.91 Å². The van der Waals surface area contributed by atoms with E-state index in [1.165, 1.54) is 28.2 Å². The predicted molar refractivity (Wildman–Crippen MR) is 135 cm³/mol. The lowest BCUT2D eigenvalue weighted by Gasteiger charge is -2.39. The zero-order valence-corrected chi connectivity index (χ0v) is 22.4. The lowest BCUT2D eigenvalue weighted by Crippen LogP contribution is -2.59. The monoisotopic (exact) mass is 554 g/mol. The minimum atomic E-state index is -4.20. The third-order valence-electron chi connectivity index (χ3n) is 6.46. The van der Waals surface area contributed by atoms with E-state index in [2.05, 4.69) is 5.48 Å². The molecule has 2 aliphatic heterocycles. The Labute approximate surface area is 216 Å². The topological polar surface area (TPSA) is 119 Å². The van der Waals surface area contributed by atoms with Gasteiger partial charge in [-0.2, -0.15) is 0 Å². The Morgan fingerprint density at radius 2 is 1.64 bits per heavy atom. The Balaban J connectivity index is 1.58. The summed E-state index contributed by atoms with van der Waals surface area (Å²) < 4.78 is 56.7. The smallest absolute Gasteiger partial charge is 0.265 e. The Bertz CT molecular complexity index is 1250. The first-order valence-corrected chi connectivity index (χ1v) is 15.9. The molecule has 1 amide bonds. The van der Waals surface area contributed by atoms with Gasteiger partial charge in [-0.25, -0.2) is 31.5 Å². The number of hydrogen-bond acceptors (Lipinski definition) is 8. The van der Waals surface area contributed by atoms with Gasteiger partial charge in [0.05, 0.1) is 11.2 Å². The van der Waals surface area contributed by atoms with E-state index in [0.717, 1.165) is 28.9 Å². The highest BCUT2D eigenvalue weighted by atomic mass is 32.2. The summed E-state index contributed by atoms with van der Waals surface area (Å²) in [5.41, 5.74) is 2.32. The highest BCUT2D eigenvalue weighted by Gasteiger charge is 2.54. The second-order valence-corrected chi connectivity index (χ2v) is 14.3. The number of sulfonamides is 1. The van der Waals surface area contributed by atoms with E-state index >= 15 is 0 Å². The average Bonchev–Trinajstić information content (AvgIpc) is 2.88. The number of rotatable bonds is 8. The van der Waals surface area contributed by atoms with Crippen molar-refractivity contribution in [3.63, 3.8) is 0 Å². The van der Waals surface area contributed by atoms with Crippen molar-refractivity contribution in [2.24, 2.45) is 0 Å². The minimum Gasteiger partial charge on any atom is -0.350 e. The van der Waals surface area contributed by atoms with E-state index in [-0.39, 0.29) is 30.8 Å². The average molecular weight is 555 g/mol. The highest BCUT2D eigenvalue weighted by molar-refractivity contribution is 7.99. The fourth-order valence-corrected chi connectivity index (χ4v) is 7.99. The van der Waals surface area contributed by atoms with E-state index < -0.39 is 36.8 Å². The number of carbonyl (C=O) groups excluding carboxylic acids is 1. The number of nitrogens with one attached hydrogen (secondary N) is 1. The number of nitrogens with zero attached hydrogens (tertiary/aromatic N) is 1. The van der Waals surface area contributed by atoms with Crippen LogP contribution in [-0.4, -0.2) is 64.0 Å². The molecule has 2 aromatic rings. The van der Waals surface area contributed by atoms with Gasteiger partial charge in [-0.1, -0.05) is 30.0 Å². The molecule has 9 nitrogen and oxygen atoms in total. The van der Waals surface area contributed by atoms with Gasteiger partial charge in [0.2, 0.25) is 10.0 Å². The van der Waals surface area contributed by atoms with Crippen molar-refractivity contribution in [1.29, 1.82) is 0 Å². The third-order valence-corrected chi connectivity index (χ3v) is 11.3. The number of hydrogen-bond donors (Lipinski definition) is 1. The maximum atomic E-state index is 13.9. The zero-order valence-electron chi connectivity index (χ0n) is 20.0. The van der Waals surface area contributed by atoms with Crippen LogP contribution in [-0.2, 0) is 34.2 Å². The van der Waals surface area contributed by atoms with Gasteiger partial charge in [0.15, 0.2) is 20.9 Å². The van der Waals surface area contributed by atoms with Crippen LogP contribution in [0.15, 0.2) is 69.3 Å². The minimum absolute atomic E-state index is 0.00298. The molecule has 1 atom stereocenters. The van der Waals surface area contributed by atoms with Crippen LogP contribution in [0.4, 0.5) is 0 Å². The number of carbonyl (C=O) groups is 1. The van der Waals surface area contributed by atoms with Crippen molar-refractivity contribution in [2.45, 2.75) is 57.8 Å². The lowest BCUT2D eigenvalue weighted by atomic mass is 9.96. The lowest BCUT2D eigenvalue weighted by molar-refractivity contribution is -0.201. The second kappa shape index (κ2) is 11.2. The standard InChI is InChI=1S/C24H30N2O7S3/c1-35(28,29)26-16-14-24(15-17-26,23(27)25-33-22-9-5-6-18-32-22)36(30,31)21-12-10-20(11-13-21)34-19-7-3-2-4-8-19/h2-4,7-8,10-13,22H,5-6,9,14-18H2,1H3,(H,25,27). The van der Waals surface area contributed by atoms with E-state index in [0.29, 0.717) is 13.0 Å². The van der Waals surface area contributed by atoms with Crippen LogP contribution in [0.25, 0.3) is 0 Å². The molecule has 4 rings (SSSR count). The summed E-state index contributed by atoms with van der Waals surface area (Å²) in [5.74, 6) is -0.812. The van der Waals surface area contributed by atoms with Crippen LogP contribution < -0.4 is 5.48 Å². The van der Waals surface area contributed by atoms with Crippen LogP contribution in [0, 0.1) is 0 Å². The molecule has 0 radical (unpaired) electrons. The fraction of sp³-hybridized carbons (Fsp3) is 0.458. The summed E-state index contributed by atoms with van der Waals surface area (Å²) in [7, 11) is -7.72. The van der Waals surface area contributed by atoms with Gasteiger partial charge >= 0.3 is 0 Å². The molecule has 0 bridgehead atoms. The van der Waals surface area contributed by atoms with Crippen molar-refractivity contribution in [3.05, 3.63) is 54.6 Å². The van der Waals surface area contributed by atoms with Gasteiger partial charge in [-0.3, -0.25) is 4.79 Å². The van der Waals surface area contributed by atoms with Crippen molar-refractivity contribution < 1.29 is 31.2 Å². The molecule has 1 N–H and O–H groups in total. The number of amides is 1. The number of sulfone groups is 1. The summed E-state index contributed by atoms with van der Waals surface area (Å²) in [4.78, 5) is 20.7. The third kappa shape index (κ3) is 5.95. The van der Waals surface area contributed by atoms with Crippen LogP contribution in [0.1, 0.15) is 32.1 Å². The maximum absolute atomic E-state index is 13.9. The van der Waals surface area contributed by atoms with Gasteiger partial charge in [0, 0.05) is 35.9 Å². The SMILES string of the molecule is CS(=O)(=O)N1CCC(C(=O)NOC2CCCCO2)(S(=O)(=O)c2ccc(Sc3ccccc3)cc2)CC1. The van der Waals surface area contributed by atoms with Crippen LogP contribution >= 0.6 is 11.8 Å². The molecular weight excluding hydrogens is 524 g/mol. The highest BCUT2D eigenvalue weighted by Crippen LogP contribution is 2.38. The number of hydroxylamine groups is 1.